The second kappa shape index (κ2) is 6.57. The van der Waals surface area contributed by atoms with Crippen LogP contribution in [0.25, 0.3) is 27.0 Å². The number of hydrogen-bond donors (Lipinski definition) is 1. The number of nitrogens with zero attached hydrogens (tertiary/aromatic N) is 5. The van der Waals surface area contributed by atoms with Crippen molar-refractivity contribution in [2.75, 3.05) is 39.0 Å². The standard InChI is InChI=1S/C20H20N6OS/c1-24-6-8-25(9-7-24)19(27)16-11-22-18-5-3-14(12-26(16)18)13-2-4-15-17(10-13)28-20(21)23-15/h2-5,10-12H,6-9H2,1H3,(H2,21,23). The molecule has 0 aliphatic carbocycles. The van der Waals surface area contributed by atoms with Crippen LogP contribution in [0.15, 0.2) is 42.7 Å². The van der Waals surface area contributed by atoms with Gasteiger partial charge in [0.25, 0.3) is 5.91 Å². The number of carbonyl (C=O) groups excluding carboxylic acids is 1. The maximum Gasteiger partial charge on any atom is 0.272 e. The van der Waals surface area contributed by atoms with Crippen LogP contribution in [0, 0.1) is 0 Å². The first-order valence-electron chi connectivity index (χ1n) is 9.20. The van der Waals surface area contributed by atoms with E-state index in [0.717, 1.165) is 53.2 Å². The van der Waals surface area contributed by atoms with Gasteiger partial charge < -0.3 is 15.5 Å². The normalized spacial score (nSPS) is 15.5. The van der Waals surface area contributed by atoms with Crippen LogP contribution >= 0.6 is 11.3 Å². The Hall–Kier alpha value is -2.97. The summed E-state index contributed by atoms with van der Waals surface area (Å²) in [6.45, 7) is 3.27. The van der Waals surface area contributed by atoms with Gasteiger partial charge in [0.05, 0.1) is 16.4 Å². The van der Waals surface area contributed by atoms with E-state index in [-0.39, 0.29) is 5.91 Å². The molecule has 1 amide bonds. The van der Waals surface area contributed by atoms with E-state index in [1.54, 1.807) is 6.20 Å². The summed E-state index contributed by atoms with van der Waals surface area (Å²) in [6, 6.07) is 10.1. The Morgan fingerprint density at radius 1 is 1.11 bits per heavy atom. The molecule has 7 nitrogen and oxygen atoms in total. The Labute approximate surface area is 166 Å². The number of imidazole rings is 1. The van der Waals surface area contributed by atoms with Crippen LogP contribution in [0.5, 0.6) is 0 Å². The number of likely N-dealkylation sites (N-methyl/N-ethyl adjacent to an activating group) is 1. The molecule has 4 heterocycles. The van der Waals surface area contributed by atoms with E-state index >= 15 is 0 Å². The second-order valence-electron chi connectivity index (χ2n) is 7.12. The molecule has 8 heteroatoms. The van der Waals surface area contributed by atoms with Gasteiger partial charge in [-0.05, 0) is 42.4 Å². The maximum absolute atomic E-state index is 13.0. The molecule has 0 unspecified atom stereocenters. The smallest absolute Gasteiger partial charge is 0.272 e. The molecule has 0 saturated carbocycles. The molecule has 0 atom stereocenters. The lowest BCUT2D eigenvalue weighted by Crippen LogP contribution is -2.47. The first-order chi connectivity index (χ1) is 13.6. The lowest BCUT2D eigenvalue weighted by Gasteiger charge is -2.32. The quantitative estimate of drug-likeness (QED) is 0.567. The Bertz CT molecular complexity index is 1190. The minimum Gasteiger partial charge on any atom is -0.375 e. The summed E-state index contributed by atoms with van der Waals surface area (Å²) in [5.74, 6) is 0.0310. The van der Waals surface area contributed by atoms with Crippen LogP contribution in [-0.2, 0) is 0 Å². The molecular weight excluding hydrogens is 372 g/mol. The number of nitrogen functional groups attached to an aromatic ring is 1. The van der Waals surface area contributed by atoms with Crippen LogP contribution in [0.2, 0.25) is 0 Å². The van der Waals surface area contributed by atoms with Gasteiger partial charge in [-0.3, -0.25) is 9.20 Å². The van der Waals surface area contributed by atoms with Crippen molar-refractivity contribution >= 4 is 38.2 Å². The van der Waals surface area contributed by atoms with Crippen molar-refractivity contribution in [1.29, 1.82) is 0 Å². The lowest BCUT2D eigenvalue weighted by molar-refractivity contribution is 0.0657. The molecule has 1 saturated heterocycles. The van der Waals surface area contributed by atoms with E-state index in [1.165, 1.54) is 11.3 Å². The number of rotatable bonds is 2. The van der Waals surface area contributed by atoms with Gasteiger partial charge in [-0.2, -0.15) is 0 Å². The van der Waals surface area contributed by atoms with Crippen LogP contribution in [0.4, 0.5) is 5.13 Å². The summed E-state index contributed by atoms with van der Waals surface area (Å²) in [7, 11) is 2.08. The highest BCUT2D eigenvalue weighted by Gasteiger charge is 2.23. The van der Waals surface area contributed by atoms with Crippen molar-refractivity contribution in [3.05, 3.63) is 48.4 Å². The molecule has 2 N–H and O–H groups in total. The Morgan fingerprint density at radius 3 is 2.71 bits per heavy atom. The van der Waals surface area contributed by atoms with Crippen molar-refractivity contribution in [2.45, 2.75) is 0 Å². The number of fused-ring (bicyclic) bond motifs is 2. The van der Waals surface area contributed by atoms with Crippen LogP contribution in [0.3, 0.4) is 0 Å². The maximum atomic E-state index is 13.0. The molecule has 1 aliphatic heterocycles. The van der Waals surface area contributed by atoms with Crippen LogP contribution in [-0.4, -0.2) is 63.3 Å². The molecule has 0 bridgehead atoms. The van der Waals surface area contributed by atoms with Gasteiger partial charge in [0.2, 0.25) is 0 Å². The van der Waals surface area contributed by atoms with E-state index in [1.807, 2.05) is 39.8 Å². The summed E-state index contributed by atoms with van der Waals surface area (Å²) in [6.07, 6.45) is 3.66. The third-order valence-electron chi connectivity index (χ3n) is 5.25. The molecule has 142 valence electrons. The highest BCUT2D eigenvalue weighted by atomic mass is 32.1. The molecule has 4 aromatic rings. The number of piperazine rings is 1. The second-order valence-corrected chi connectivity index (χ2v) is 8.18. The van der Waals surface area contributed by atoms with Gasteiger partial charge in [-0.1, -0.05) is 17.4 Å². The molecule has 1 fully saturated rings. The zero-order chi connectivity index (χ0) is 19.3. The Balaban J connectivity index is 1.53. The molecule has 5 rings (SSSR count). The summed E-state index contributed by atoms with van der Waals surface area (Å²) in [5.41, 5.74) is 10.2. The lowest BCUT2D eigenvalue weighted by atomic mass is 10.1. The highest BCUT2D eigenvalue weighted by Crippen LogP contribution is 2.29. The first kappa shape index (κ1) is 17.2. The zero-order valence-corrected chi connectivity index (χ0v) is 16.3. The summed E-state index contributed by atoms with van der Waals surface area (Å²) in [4.78, 5) is 25.9. The number of pyridine rings is 1. The third-order valence-corrected chi connectivity index (χ3v) is 6.10. The van der Waals surface area contributed by atoms with Gasteiger partial charge in [0.15, 0.2) is 5.13 Å². The number of hydrogen-bond acceptors (Lipinski definition) is 6. The van der Waals surface area contributed by atoms with Gasteiger partial charge in [0, 0.05) is 32.4 Å². The molecule has 1 aliphatic rings. The number of amides is 1. The topological polar surface area (TPSA) is 79.8 Å². The molecule has 3 aromatic heterocycles. The van der Waals surface area contributed by atoms with Gasteiger partial charge in [0.1, 0.15) is 11.3 Å². The number of nitrogens with two attached hydrogens (primary N) is 1. The van der Waals surface area contributed by atoms with E-state index in [9.17, 15) is 4.79 Å². The van der Waals surface area contributed by atoms with Crippen molar-refractivity contribution < 1.29 is 4.79 Å². The monoisotopic (exact) mass is 392 g/mol. The largest absolute Gasteiger partial charge is 0.375 e. The van der Waals surface area contributed by atoms with Crippen LogP contribution < -0.4 is 5.73 Å². The Kier molecular flexibility index (Phi) is 4.03. The van der Waals surface area contributed by atoms with E-state index < -0.39 is 0 Å². The fourth-order valence-electron chi connectivity index (χ4n) is 3.60. The summed E-state index contributed by atoms with van der Waals surface area (Å²) in [5, 5.41) is 0.567. The van der Waals surface area contributed by atoms with Crippen molar-refractivity contribution in [1.82, 2.24) is 24.2 Å². The minimum absolute atomic E-state index is 0.0310. The minimum atomic E-state index is 0.0310. The summed E-state index contributed by atoms with van der Waals surface area (Å²) < 4.78 is 2.94. The number of carbonyl (C=O) groups is 1. The number of thiazole rings is 1. The molecule has 28 heavy (non-hydrogen) atoms. The van der Waals surface area contributed by atoms with Crippen molar-refractivity contribution in [2.24, 2.45) is 0 Å². The third kappa shape index (κ3) is 2.90. The molecular formula is C20H20N6OS. The molecule has 0 radical (unpaired) electrons. The van der Waals surface area contributed by atoms with E-state index in [0.29, 0.717) is 10.8 Å². The highest BCUT2D eigenvalue weighted by molar-refractivity contribution is 7.22. The molecule has 0 spiro atoms. The fraction of sp³-hybridized carbons (Fsp3) is 0.250. The zero-order valence-electron chi connectivity index (χ0n) is 15.5. The van der Waals surface area contributed by atoms with Gasteiger partial charge >= 0.3 is 0 Å². The van der Waals surface area contributed by atoms with Gasteiger partial charge in [-0.25, -0.2) is 9.97 Å². The van der Waals surface area contributed by atoms with E-state index in [2.05, 4.69) is 28.0 Å². The van der Waals surface area contributed by atoms with Crippen molar-refractivity contribution in [3.8, 4) is 11.1 Å². The van der Waals surface area contributed by atoms with Crippen LogP contribution in [0.1, 0.15) is 10.5 Å². The number of benzene rings is 1. The number of anilines is 1. The molecule has 1 aromatic carbocycles. The Morgan fingerprint density at radius 2 is 1.89 bits per heavy atom. The first-order valence-corrected chi connectivity index (χ1v) is 10.0. The average molecular weight is 392 g/mol. The predicted octanol–water partition coefficient (Wildman–Crippen LogP) is 2.58. The summed E-state index contributed by atoms with van der Waals surface area (Å²) >= 11 is 1.48. The fourth-order valence-corrected chi connectivity index (χ4v) is 4.38. The van der Waals surface area contributed by atoms with Crippen molar-refractivity contribution in [3.63, 3.8) is 0 Å². The van der Waals surface area contributed by atoms with E-state index in [4.69, 9.17) is 5.73 Å². The van der Waals surface area contributed by atoms with Gasteiger partial charge in [-0.15, -0.1) is 0 Å². The SMILES string of the molecule is CN1CCN(C(=O)c2cnc3ccc(-c4ccc5nc(N)sc5c4)cn23)CC1. The average Bonchev–Trinajstić information content (AvgIpc) is 3.29. The predicted molar refractivity (Wildman–Crippen MR) is 112 cm³/mol. The number of aromatic nitrogens is 3.